The zero-order valence-corrected chi connectivity index (χ0v) is 20.8. The Bertz CT molecular complexity index is 858. The quantitative estimate of drug-likeness (QED) is 0.425. The van der Waals surface area contributed by atoms with Crippen LogP contribution >= 0.6 is 0 Å². The number of rotatable bonds is 9. The average Bonchev–Trinajstić information content (AvgIpc) is 3.05. The molecule has 194 valence electrons. The fourth-order valence-corrected chi connectivity index (χ4v) is 5.31. The fourth-order valence-electron chi connectivity index (χ4n) is 5.31. The molecule has 3 rings (SSSR count). The molecule has 1 aliphatic carbocycles. The molecule has 0 radical (unpaired) electrons. The van der Waals surface area contributed by atoms with E-state index in [1.54, 1.807) is 18.2 Å². The van der Waals surface area contributed by atoms with Gasteiger partial charge in [-0.3, -0.25) is 4.90 Å². The van der Waals surface area contributed by atoms with E-state index >= 15 is 0 Å². The van der Waals surface area contributed by atoms with Crippen molar-refractivity contribution in [1.29, 1.82) is 0 Å². The van der Waals surface area contributed by atoms with Crippen LogP contribution in [0.4, 0.5) is 13.2 Å². The van der Waals surface area contributed by atoms with Crippen LogP contribution in [-0.2, 0) is 0 Å². The summed E-state index contributed by atoms with van der Waals surface area (Å²) in [5.74, 6) is -0.387. The van der Waals surface area contributed by atoms with Crippen LogP contribution in [0.5, 0.6) is 5.75 Å². The van der Waals surface area contributed by atoms with E-state index < -0.39 is 12.0 Å². The molecular formula is C28H39F3N2O2. The molecule has 35 heavy (non-hydrogen) atoms. The molecule has 0 amide bonds. The summed E-state index contributed by atoms with van der Waals surface area (Å²) in [5, 5.41) is 11.7. The van der Waals surface area contributed by atoms with Gasteiger partial charge in [0.15, 0.2) is 0 Å². The Balaban J connectivity index is 1.71. The van der Waals surface area contributed by atoms with E-state index in [1.807, 2.05) is 13.0 Å². The highest BCUT2D eigenvalue weighted by Crippen LogP contribution is 2.41. The van der Waals surface area contributed by atoms with Crippen molar-refractivity contribution in [2.24, 2.45) is 0 Å². The number of alkyl halides is 3. The second-order valence-electron chi connectivity index (χ2n) is 9.72. The predicted octanol–water partition coefficient (Wildman–Crippen LogP) is 6.06. The minimum Gasteiger partial charge on any atom is -0.406 e. The summed E-state index contributed by atoms with van der Waals surface area (Å²) >= 11 is 0. The molecule has 1 saturated heterocycles. The lowest BCUT2D eigenvalue weighted by Crippen LogP contribution is -2.45. The number of aliphatic hydroxyl groups is 1. The lowest BCUT2D eigenvalue weighted by Gasteiger charge is -2.42. The molecule has 2 aliphatic rings. The first-order chi connectivity index (χ1) is 16.7. The molecular weight excluding hydrogens is 453 g/mol. The standard InChI is InChI=1S/C28H39F3N2O2/c1-3-5-10-23(4-2)21-32-17-9-18-33(20-19-32)22-26(27(34)15-7-6-8-16-27)24-11-13-25(14-12-24)35-28(29,30)31/h3-5,10-14,26,34H,1,6-9,15-22H2,2H3/b10-5-,23-4+. The van der Waals surface area contributed by atoms with Gasteiger partial charge < -0.3 is 14.7 Å². The second-order valence-corrected chi connectivity index (χ2v) is 9.72. The first kappa shape index (κ1) is 27.5. The number of halogens is 3. The Labute approximate surface area is 207 Å². The molecule has 1 aliphatic heterocycles. The molecule has 1 N–H and O–H groups in total. The summed E-state index contributed by atoms with van der Waals surface area (Å²) in [7, 11) is 0. The Morgan fingerprint density at radius 1 is 1.06 bits per heavy atom. The molecule has 0 aromatic heterocycles. The molecule has 1 atom stereocenters. The normalized spacial score (nSPS) is 21.6. The molecule has 1 heterocycles. The van der Waals surface area contributed by atoms with E-state index in [0.29, 0.717) is 6.54 Å². The third-order valence-electron chi connectivity index (χ3n) is 7.23. The van der Waals surface area contributed by atoms with Crippen molar-refractivity contribution in [3.63, 3.8) is 0 Å². The lowest BCUT2D eigenvalue weighted by atomic mass is 9.72. The van der Waals surface area contributed by atoms with Crippen molar-refractivity contribution in [3.8, 4) is 5.75 Å². The number of nitrogens with zero attached hydrogens (tertiary/aromatic N) is 2. The van der Waals surface area contributed by atoms with Crippen molar-refractivity contribution < 1.29 is 23.0 Å². The number of ether oxygens (including phenoxy) is 1. The van der Waals surface area contributed by atoms with Crippen LogP contribution in [0, 0.1) is 0 Å². The van der Waals surface area contributed by atoms with Gasteiger partial charge in [-0.15, -0.1) is 13.2 Å². The largest absolute Gasteiger partial charge is 0.573 e. The van der Waals surface area contributed by atoms with Crippen LogP contribution in [0.3, 0.4) is 0 Å². The van der Waals surface area contributed by atoms with Gasteiger partial charge in [-0.2, -0.15) is 0 Å². The number of hydrogen-bond donors (Lipinski definition) is 1. The summed E-state index contributed by atoms with van der Waals surface area (Å²) in [6.07, 6.45) is 8.78. The highest BCUT2D eigenvalue weighted by Gasteiger charge is 2.40. The summed E-state index contributed by atoms with van der Waals surface area (Å²) in [6.45, 7) is 11.1. The van der Waals surface area contributed by atoms with Crippen molar-refractivity contribution >= 4 is 0 Å². The van der Waals surface area contributed by atoms with Gasteiger partial charge in [-0.05, 0) is 62.5 Å². The van der Waals surface area contributed by atoms with Gasteiger partial charge >= 0.3 is 6.36 Å². The second kappa shape index (κ2) is 12.7. The summed E-state index contributed by atoms with van der Waals surface area (Å²) < 4.78 is 41.9. The SMILES string of the molecule is C=C/C=C\C(=C/C)CN1CCCN(CC(c2ccc(OC(F)(F)F)cc2)C2(O)CCCCC2)CC1. The molecule has 0 bridgehead atoms. The zero-order valence-electron chi connectivity index (χ0n) is 20.8. The van der Waals surface area contributed by atoms with E-state index in [2.05, 4.69) is 33.3 Å². The predicted molar refractivity (Wildman–Crippen MR) is 134 cm³/mol. The van der Waals surface area contributed by atoms with Gasteiger partial charge in [-0.25, -0.2) is 0 Å². The molecule has 7 heteroatoms. The van der Waals surface area contributed by atoms with Crippen LogP contribution in [0.1, 0.15) is 56.9 Å². The third kappa shape index (κ3) is 8.51. The molecule has 0 spiro atoms. The van der Waals surface area contributed by atoms with Crippen molar-refractivity contribution in [2.75, 3.05) is 39.3 Å². The maximum atomic E-state index is 12.6. The van der Waals surface area contributed by atoms with Gasteiger partial charge in [0.25, 0.3) is 0 Å². The molecule has 2 fully saturated rings. The van der Waals surface area contributed by atoms with E-state index in [0.717, 1.165) is 76.8 Å². The molecule has 4 nitrogen and oxygen atoms in total. The van der Waals surface area contributed by atoms with Gasteiger partial charge in [0, 0.05) is 32.1 Å². The van der Waals surface area contributed by atoms with Crippen LogP contribution in [0.15, 0.2) is 60.7 Å². The Morgan fingerprint density at radius 3 is 2.34 bits per heavy atom. The van der Waals surface area contributed by atoms with Crippen LogP contribution in [0.2, 0.25) is 0 Å². The minimum absolute atomic E-state index is 0.157. The van der Waals surface area contributed by atoms with Crippen molar-refractivity contribution in [1.82, 2.24) is 9.80 Å². The smallest absolute Gasteiger partial charge is 0.406 e. The van der Waals surface area contributed by atoms with E-state index in [4.69, 9.17) is 0 Å². The van der Waals surface area contributed by atoms with E-state index in [-0.39, 0.29) is 11.7 Å². The summed E-state index contributed by atoms with van der Waals surface area (Å²) in [5.41, 5.74) is 1.29. The van der Waals surface area contributed by atoms with Crippen molar-refractivity contribution in [2.45, 2.75) is 63.3 Å². The minimum atomic E-state index is -4.71. The van der Waals surface area contributed by atoms with Gasteiger partial charge in [-0.1, -0.05) is 62.3 Å². The molecule has 1 aromatic carbocycles. The third-order valence-corrected chi connectivity index (χ3v) is 7.23. The van der Waals surface area contributed by atoms with Gasteiger partial charge in [0.1, 0.15) is 5.75 Å². The first-order valence-electron chi connectivity index (χ1n) is 12.7. The molecule has 1 saturated carbocycles. The Kier molecular flexibility index (Phi) is 10.0. The van der Waals surface area contributed by atoms with Gasteiger partial charge in [0.05, 0.1) is 5.60 Å². The molecule has 1 unspecified atom stereocenters. The van der Waals surface area contributed by atoms with Crippen LogP contribution in [0.25, 0.3) is 0 Å². The first-order valence-corrected chi connectivity index (χ1v) is 12.7. The number of hydrogen-bond acceptors (Lipinski definition) is 4. The van der Waals surface area contributed by atoms with Crippen LogP contribution in [-0.4, -0.2) is 66.1 Å². The fraction of sp³-hybridized carbons (Fsp3) is 0.571. The maximum Gasteiger partial charge on any atom is 0.573 e. The highest BCUT2D eigenvalue weighted by molar-refractivity contribution is 5.32. The lowest BCUT2D eigenvalue weighted by molar-refractivity contribution is -0.274. The van der Waals surface area contributed by atoms with Gasteiger partial charge in [0.2, 0.25) is 0 Å². The molecule has 1 aromatic rings. The average molecular weight is 493 g/mol. The number of allylic oxidation sites excluding steroid dienone is 3. The van der Waals surface area contributed by atoms with E-state index in [9.17, 15) is 18.3 Å². The summed E-state index contributed by atoms with van der Waals surface area (Å²) in [4.78, 5) is 4.86. The Morgan fingerprint density at radius 2 is 1.71 bits per heavy atom. The topological polar surface area (TPSA) is 35.9 Å². The highest BCUT2D eigenvalue weighted by atomic mass is 19.4. The van der Waals surface area contributed by atoms with Crippen LogP contribution < -0.4 is 4.74 Å². The number of benzene rings is 1. The Hall–Kier alpha value is -2.09. The maximum absolute atomic E-state index is 12.6. The summed E-state index contributed by atoms with van der Waals surface area (Å²) in [6, 6.07) is 6.10. The zero-order chi connectivity index (χ0) is 25.3. The van der Waals surface area contributed by atoms with Crippen molar-refractivity contribution in [3.05, 3.63) is 66.3 Å². The van der Waals surface area contributed by atoms with E-state index in [1.165, 1.54) is 17.7 Å². The monoisotopic (exact) mass is 492 g/mol.